The van der Waals surface area contributed by atoms with Crippen LogP contribution in [0.1, 0.15) is 12.1 Å². The van der Waals surface area contributed by atoms with Crippen molar-refractivity contribution in [2.45, 2.75) is 12.8 Å². The summed E-state index contributed by atoms with van der Waals surface area (Å²) >= 11 is 1.52. The predicted molar refractivity (Wildman–Crippen MR) is 73.4 cm³/mol. The van der Waals surface area contributed by atoms with Crippen LogP contribution in [0.25, 0.3) is 0 Å². The van der Waals surface area contributed by atoms with Crippen molar-refractivity contribution in [3.8, 4) is 0 Å². The lowest BCUT2D eigenvalue weighted by atomic mass is 10.2. The molecule has 0 atom stereocenters. The summed E-state index contributed by atoms with van der Waals surface area (Å²) in [6.07, 6.45) is 2.28. The minimum absolute atomic E-state index is 0.0705. The predicted octanol–water partition coefficient (Wildman–Crippen LogP) is 0.179. The maximum atomic E-state index is 12.0. The first-order valence-corrected chi connectivity index (χ1v) is 8.86. The molecule has 2 heterocycles. The van der Waals surface area contributed by atoms with Gasteiger partial charge in [0.1, 0.15) is 0 Å². The maximum Gasteiger partial charge on any atom is 0.223 e. The van der Waals surface area contributed by atoms with Gasteiger partial charge < -0.3 is 4.90 Å². The van der Waals surface area contributed by atoms with Gasteiger partial charge in [0.25, 0.3) is 0 Å². The summed E-state index contributed by atoms with van der Waals surface area (Å²) in [5, 5.41) is 1.94. The summed E-state index contributed by atoms with van der Waals surface area (Å²) < 4.78 is 24.1. The van der Waals surface area contributed by atoms with Crippen LogP contribution in [0.5, 0.6) is 0 Å². The summed E-state index contributed by atoms with van der Waals surface area (Å²) in [6.45, 7) is 1.73. The van der Waals surface area contributed by atoms with Gasteiger partial charge in [0, 0.05) is 38.0 Å². The van der Waals surface area contributed by atoms with Crippen LogP contribution in [0.3, 0.4) is 0 Å². The smallest absolute Gasteiger partial charge is 0.223 e. The van der Waals surface area contributed by atoms with Gasteiger partial charge in [0.15, 0.2) is 0 Å². The number of aryl methyl sites for hydroxylation is 1. The molecule has 0 N–H and O–H groups in total. The Morgan fingerprint density at radius 1 is 1.37 bits per heavy atom. The van der Waals surface area contributed by atoms with Crippen LogP contribution >= 0.6 is 11.3 Å². The molecule has 0 aromatic carbocycles. The molecule has 19 heavy (non-hydrogen) atoms. The van der Waals surface area contributed by atoms with Gasteiger partial charge in [0.05, 0.1) is 17.5 Å². The van der Waals surface area contributed by atoms with Gasteiger partial charge in [-0.15, -0.1) is 11.3 Å². The maximum absolute atomic E-state index is 12.0. The molecule has 0 bridgehead atoms. The summed E-state index contributed by atoms with van der Waals surface area (Å²) in [5.74, 6) is 0.0705. The highest BCUT2D eigenvalue weighted by molar-refractivity contribution is 7.88. The summed E-state index contributed by atoms with van der Waals surface area (Å²) in [4.78, 5) is 17.9. The topological polar surface area (TPSA) is 70.6 Å². The number of sulfonamides is 1. The van der Waals surface area contributed by atoms with E-state index in [0.717, 1.165) is 5.69 Å². The van der Waals surface area contributed by atoms with E-state index in [9.17, 15) is 13.2 Å². The van der Waals surface area contributed by atoms with E-state index in [1.54, 1.807) is 10.4 Å². The summed E-state index contributed by atoms with van der Waals surface area (Å²) in [6, 6.07) is 0. The largest absolute Gasteiger partial charge is 0.340 e. The van der Waals surface area contributed by atoms with Crippen molar-refractivity contribution in [2.24, 2.45) is 0 Å². The fourth-order valence-corrected chi connectivity index (χ4v) is 3.44. The lowest BCUT2D eigenvalue weighted by Crippen LogP contribution is -2.50. The molecular weight excluding hydrogens is 286 g/mol. The van der Waals surface area contributed by atoms with E-state index in [2.05, 4.69) is 4.98 Å². The average molecular weight is 303 g/mol. The zero-order valence-corrected chi connectivity index (χ0v) is 12.4. The molecule has 6 nitrogen and oxygen atoms in total. The number of hydrogen-bond acceptors (Lipinski definition) is 5. The minimum Gasteiger partial charge on any atom is -0.340 e. The first-order valence-electron chi connectivity index (χ1n) is 6.07. The third-order valence-electron chi connectivity index (χ3n) is 3.14. The molecule has 1 aromatic rings. The van der Waals surface area contributed by atoms with Crippen molar-refractivity contribution in [2.75, 3.05) is 32.4 Å². The molecule has 1 aliphatic heterocycles. The Labute approximate surface area is 117 Å². The van der Waals surface area contributed by atoms with Crippen molar-refractivity contribution < 1.29 is 13.2 Å². The van der Waals surface area contributed by atoms with Crippen LogP contribution < -0.4 is 0 Å². The lowest BCUT2D eigenvalue weighted by molar-refractivity contribution is -0.132. The highest BCUT2D eigenvalue weighted by atomic mass is 32.2. The highest BCUT2D eigenvalue weighted by Crippen LogP contribution is 2.10. The van der Waals surface area contributed by atoms with E-state index in [-0.39, 0.29) is 5.91 Å². The second kappa shape index (κ2) is 5.98. The van der Waals surface area contributed by atoms with E-state index in [1.165, 1.54) is 21.9 Å². The number of thiazole rings is 1. The van der Waals surface area contributed by atoms with Crippen molar-refractivity contribution in [3.05, 3.63) is 16.6 Å². The van der Waals surface area contributed by atoms with Crippen molar-refractivity contribution >= 4 is 27.3 Å². The van der Waals surface area contributed by atoms with E-state index in [1.807, 2.05) is 5.38 Å². The minimum atomic E-state index is -3.14. The Hall–Kier alpha value is -0.990. The molecule has 1 saturated heterocycles. The Morgan fingerprint density at radius 2 is 2.05 bits per heavy atom. The average Bonchev–Trinajstić information content (AvgIpc) is 2.88. The second-order valence-electron chi connectivity index (χ2n) is 4.52. The highest BCUT2D eigenvalue weighted by Gasteiger charge is 2.25. The Bertz CT molecular complexity index is 519. The van der Waals surface area contributed by atoms with E-state index < -0.39 is 10.0 Å². The van der Waals surface area contributed by atoms with Crippen LogP contribution in [-0.2, 0) is 21.2 Å². The molecule has 0 saturated carbocycles. The van der Waals surface area contributed by atoms with Crippen molar-refractivity contribution in [1.29, 1.82) is 0 Å². The Kier molecular flexibility index (Phi) is 4.54. The molecular formula is C11H17N3O3S2. The second-order valence-corrected chi connectivity index (χ2v) is 7.22. The fourth-order valence-electron chi connectivity index (χ4n) is 2.02. The third-order valence-corrected chi connectivity index (χ3v) is 5.08. The fraction of sp³-hybridized carbons (Fsp3) is 0.636. The molecule has 2 rings (SSSR count). The van der Waals surface area contributed by atoms with Gasteiger partial charge in [-0.3, -0.25) is 4.79 Å². The van der Waals surface area contributed by atoms with Crippen molar-refractivity contribution in [1.82, 2.24) is 14.2 Å². The molecule has 106 valence electrons. The van der Waals surface area contributed by atoms with E-state index in [0.29, 0.717) is 39.0 Å². The van der Waals surface area contributed by atoms with Crippen LogP contribution in [0.4, 0.5) is 0 Å². The summed E-state index contributed by atoms with van der Waals surface area (Å²) in [5.41, 5.74) is 2.69. The number of piperazine rings is 1. The van der Waals surface area contributed by atoms with Crippen LogP contribution in [0.2, 0.25) is 0 Å². The molecule has 1 amide bonds. The number of amides is 1. The number of carbonyl (C=O) groups is 1. The van der Waals surface area contributed by atoms with Gasteiger partial charge in [-0.2, -0.15) is 4.31 Å². The standard InChI is InChI=1S/C11H17N3O3S2/c1-19(16,17)14-6-4-13(5-7-14)11(15)3-2-10-8-18-9-12-10/h8-9H,2-7H2,1H3. The molecule has 0 spiro atoms. The van der Waals surface area contributed by atoms with Gasteiger partial charge in [-0.25, -0.2) is 13.4 Å². The first-order chi connectivity index (χ1) is 8.97. The normalized spacial score (nSPS) is 17.6. The van der Waals surface area contributed by atoms with E-state index in [4.69, 9.17) is 0 Å². The first kappa shape index (κ1) is 14.4. The number of rotatable bonds is 4. The van der Waals surface area contributed by atoms with Crippen LogP contribution in [-0.4, -0.2) is 60.9 Å². The van der Waals surface area contributed by atoms with Gasteiger partial charge >= 0.3 is 0 Å². The zero-order valence-electron chi connectivity index (χ0n) is 10.8. The quantitative estimate of drug-likeness (QED) is 0.795. The lowest BCUT2D eigenvalue weighted by Gasteiger charge is -2.33. The Balaban J connectivity index is 1.79. The monoisotopic (exact) mass is 303 g/mol. The SMILES string of the molecule is CS(=O)(=O)N1CCN(C(=O)CCc2cscn2)CC1. The molecule has 0 unspecified atom stereocenters. The summed E-state index contributed by atoms with van der Waals surface area (Å²) in [7, 11) is -3.14. The molecule has 0 aliphatic carbocycles. The van der Waals surface area contributed by atoms with E-state index >= 15 is 0 Å². The number of aromatic nitrogens is 1. The molecule has 1 aromatic heterocycles. The van der Waals surface area contributed by atoms with Gasteiger partial charge in [-0.05, 0) is 6.42 Å². The number of nitrogens with zero attached hydrogens (tertiary/aromatic N) is 3. The Morgan fingerprint density at radius 3 is 2.58 bits per heavy atom. The zero-order chi connectivity index (χ0) is 13.9. The number of carbonyl (C=O) groups excluding carboxylic acids is 1. The van der Waals surface area contributed by atoms with Gasteiger partial charge in [0.2, 0.25) is 15.9 Å². The third kappa shape index (κ3) is 3.99. The molecule has 0 radical (unpaired) electrons. The molecule has 1 fully saturated rings. The van der Waals surface area contributed by atoms with Gasteiger partial charge in [-0.1, -0.05) is 0 Å². The van der Waals surface area contributed by atoms with Crippen LogP contribution in [0, 0.1) is 0 Å². The van der Waals surface area contributed by atoms with Crippen LogP contribution in [0.15, 0.2) is 10.9 Å². The molecule has 8 heteroatoms. The number of hydrogen-bond donors (Lipinski definition) is 0. The molecule has 1 aliphatic rings. The van der Waals surface area contributed by atoms with Crippen molar-refractivity contribution in [3.63, 3.8) is 0 Å².